The molecule has 7 rings (SSSR count). The van der Waals surface area contributed by atoms with Crippen LogP contribution in [-0.2, 0) is 23.8 Å². The lowest BCUT2D eigenvalue weighted by atomic mass is 10.3. The van der Waals surface area contributed by atoms with Gasteiger partial charge in [0.15, 0.2) is 0 Å². The highest BCUT2D eigenvalue weighted by Gasteiger charge is 2.11. The molecule has 0 atom stereocenters. The Morgan fingerprint density at radius 2 is 0.625 bits per heavy atom. The van der Waals surface area contributed by atoms with Gasteiger partial charge in [-0.15, -0.1) is 0 Å². The normalized spacial score (nSPS) is 10.3. The van der Waals surface area contributed by atoms with Gasteiger partial charge in [0.1, 0.15) is 51.7 Å². The zero-order valence-corrected chi connectivity index (χ0v) is 43.5. The predicted molar refractivity (Wildman–Crippen MR) is 296 cm³/mol. The second kappa shape index (κ2) is 31.6. The number of aromatic nitrogens is 3. The Morgan fingerprint density at radius 1 is 0.362 bits per heavy atom. The van der Waals surface area contributed by atoms with Gasteiger partial charge in [-0.25, -0.2) is 14.4 Å². The van der Waals surface area contributed by atoms with E-state index in [1.165, 1.54) is 0 Å². The molecule has 0 radical (unpaired) electrons. The number of hydrogen-bond donors (Lipinski definition) is 3. The third-order valence-corrected chi connectivity index (χ3v) is 10.6. The number of hydrogen-bond acceptors (Lipinski definition) is 21. The van der Waals surface area contributed by atoms with E-state index in [9.17, 15) is 14.4 Å². The Balaban J connectivity index is 0.913. The molecule has 0 unspecified atom stereocenters. The minimum absolute atomic E-state index is 0.0352. The molecule has 1 aromatic heterocycles. The maximum absolute atomic E-state index is 11.5. The Bertz CT molecular complexity index is 2910. The lowest BCUT2D eigenvalue weighted by Gasteiger charge is -2.13. The van der Waals surface area contributed by atoms with Crippen molar-refractivity contribution in [3.05, 3.63) is 184 Å². The summed E-state index contributed by atoms with van der Waals surface area (Å²) in [5.74, 6) is 4.83. The van der Waals surface area contributed by atoms with E-state index in [4.69, 9.17) is 52.1 Å². The first-order chi connectivity index (χ1) is 39.2. The fraction of sp³-hybridized carbons (Fsp3) is 0.186. The molecule has 0 saturated heterocycles. The highest BCUT2D eigenvalue weighted by molar-refractivity contribution is 5.81. The van der Waals surface area contributed by atoms with E-state index < -0.39 is 18.1 Å². The van der Waals surface area contributed by atoms with E-state index in [1.54, 1.807) is 121 Å². The number of carbonyl (C=O) groups excluding carboxylic acids is 3. The van der Waals surface area contributed by atoms with Crippen LogP contribution >= 0.6 is 0 Å². The number of anilines is 6. The molecule has 0 fully saturated rings. The molecule has 0 spiro atoms. The molecule has 0 aliphatic rings. The predicted octanol–water partition coefficient (Wildman–Crippen LogP) is 11.8. The monoisotopic (exact) mass is 1090 g/mol. The number of nitrogens with one attached hydrogen (secondary N) is 3. The highest BCUT2D eigenvalue weighted by Crippen LogP contribution is 2.27. The second-order valence-electron chi connectivity index (χ2n) is 16.4. The smallest absolute Gasteiger partial charge is 0.494 e. The quantitative estimate of drug-likeness (QED) is 0.00646. The van der Waals surface area contributed by atoms with Crippen LogP contribution in [0.1, 0.15) is 25.7 Å². The van der Waals surface area contributed by atoms with Gasteiger partial charge in [0.05, 0.1) is 32.7 Å². The molecule has 0 saturated carbocycles. The molecule has 7 aromatic rings. The first-order valence-electron chi connectivity index (χ1n) is 25.0. The van der Waals surface area contributed by atoms with Crippen molar-refractivity contribution in [2.45, 2.75) is 25.7 Å². The van der Waals surface area contributed by atoms with Crippen LogP contribution in [0.4, 0.5) is 39.7 Å². The van der Waals surface area contributed by atoms with Crippen molar-refractivity contribution >= 4 is 53.0 Å². The van der Waals surface area contributed by atoms with Gasteiger partial charge in [-0.1, -0.05) is 19.7 Å². The first kappa shape index (κ1) is 57.3. The molecule has 80 heavy (non-hydrogen) atoms. The van der Waals surface area contributed by atoms with Crippen molar-refractivity contribution < 1.29 is 71.2 Å². The van der Waals surface area contributed by atoms with Crippen LogP contribution in [0.2, 0.25) is 0 Å². The fourth-order valence-corrected chi connectivity index (χ4v) is 6.64. The molecule has 0 bridgehead atoms. The number of esters is 2. The zero-order chi connectivity index (χ0) is 56.0. The first-order valence-corrected chi connectivity index (χ1v) is 25.0. The van der Waals surface area contributed by atoms with Crippen LogP contribution in [-0.4, -0.2) is 79.9 Å². The number of ether oxygens (including phenoxy) is 12. The van der Waals surface area contributed by atoms with Crippen LogP contribution in [0, 0.1) is 0 Å². The summed E-state index contributed by atoms with van der Waals surface area (Å²) in [6.07, 6.45) is 5.17. The van der Waals surface area contributed by atoms with Crippen molar-refractivity contribution in [3.8, 4) is 51.7 Å². The Hall–Kier alpha value is -10.4. The molecule has 0 amide bonds. The number of unbranched alkanes of at least 4 members (excludes halogenated alkanes) is 2. The van der Waals surface area contributed by atoms with Crippen molar-refractivity contribution in [1.29, 1.82) is 0 Å². The van der Waals surface area contributed by atoms with Gasteiger partial charge in [0.25, 0.3) is 0 Å². The van der Waals surface area contributed by atoms with Crippen LogP contribution in [0.5, 0.6) is 51.7 Å². The summed E-state index contributed by atoms with van der Waals surface area (Å²) in [7, 11) is 0. The lowest BCUT2D eigenvalue weighted by Crippen LogP contribution is -2.08. The summed E-state index contributed by atoms with van der Waals surface area (Å²) in [6.45, 7) is 11.5. The number of carbonyl (C=O) groups is 3. The van der Waals surface area contributed by atoms with Gasteiger partial charge in [0.2, 0.25) is 38.2 Å². The topological polar surface area (TPSA) is 237 Å². The third kappa shape index (κ3) is 20.6. The van der Waals surface area contributed by atoms with Crippen molar-refractivity contribution in [2.75, 3.05) is 62.8 Å². The molecule has 3 N–H and O–H groups in total. The Morgan fingerprint density at radius 3 is 0.912 bits per heavy atom. The summed E-state index contributed by atoms with van der Waals surface area (Å²) in [5.41, 5.74) is 1.99. The molecule has 21 nitrogen and oxygen atoms in total. The molecule has 6 aromatic carbocycles. The van der Waals surface area contributed by atoms with Gasteiger partial charge in [0, 0.05) is 29.2 Å². The van der Waals surface area contributed by atoms with Gasteiger partial charge >= 0.3 is 18.1 Å². The summed E-state index contributed by atoms with van der Waals surface area (Å²) in [5, 5.41) is 9.73. The minimum Gasteiger partial charge on any atom is -0.494 e. The van der Waals surface area contributed by atoms with Crippen LogP contribution in [0.3, 0.4) is 0 Å². The van der Waals surface area contributed by atoms with Gasteiger partial charge < -0.3 is 72.8 Å². The van der Waals surface area contributed by atoms with E-state index in [0.717, 1.165) is 31.3 Å². The zero-order valence-electron chi connectivity index (χ0n) is 43.5. The molecule has 414 valence electrons. The van der Waals surface area contributed by atoms with E-state index in [0.29, 0.717) is 102 Å². The number of rotatable bonds is 34. The maximum atomic E-state index is 11.5. The molecule has 21 heteroatoms. The van der Waals surface area contributed by atoms with Crippen molar-refractivity contribution in [1.82, 2.24) is 15.0 Å². The van der Waals surface area contributed by atoms with Crippen LogP contribution in [0.25, 0.3) is 0 Å². The number of benzene rings is 6. The maximum Gasteiger partial charge on any atom is 0.518 e. The summed E-state index contributed by atoms with van der Waals surface area (Å²) >= 11 is 0. The Labute approximate surface area is 461 Å². The fourth-order valence-electron chi connectivity index (χ4n) is 6.64. The van der Waals surface area contributed by atoms with Crippen molar-refractivity contribution in [2.24, 2.45) is 0 Å². The molecular weight excluding hydrogens is 1030 g/mol. The summed E-state index contributed by atoms with van der Waals surface area (Å²) < 4.78 is 65.8. The van der Waals surface area contributed by atoms with Gasteiger partial charge in [-0.3, -0.25) is 0 Å². The lowest BCUT2D eigenvalue weighted by molar-refractivity contribution is -0.138. The van der Waals surface area contributed by atoms with E-state index in [2.05, 4.69) is 55.4 Å². The van der Waals surface area contributed by atoms with E-state index >= 15 is 0 Å². The third-order valence-electron chi connectivity index (χ3n) is 10.6. The van der Waals surface area contributed by atoms with Crippen molar-refractivity contribution in [3.63, 3.8) is 0 Å². The molecular formula is C59H58N6O15. The molecule has 0 aliphatic carbocycles. The van der Waals surface area contributed by atoms with Gasteiger partial charge in [-0.05, 0) is 171 Å². The highest BCUT2D eigenvalue weighted by atomic mass is 16.7. The number of nitrogens with zero attached hydrogens (tertiary/aromatic N) is 3. The Kier molecular flexibility index (Phi) is 22.6. The second-order valence-corrected chi connectivity index (χ2v) is 16.4. The summed E-state index contributed by atoms with van der Waals surface area (Å²) in [6, 6.07) is 42.2. The van der Waals surface area contributed by atoms with Gasteiger partial charge in [-0.2, -0.15) is 15.0 Å². The largest absolute Gasteiger partial charge is 0.518 e. The molecule has 1 heterocycles. The standard InChI is InChI=1S/C59H58N6O15/c1-4-54(66)72-37-9-7-35-70-45-23-27-50(28-24-45)77-39-74-47-17-11-42(12-18-47)60-56-63-57(61-43-13-19-48(20-14-43)75-40-78-51-29-25-46(26-30-51)71-36-8-10-38-73-55(67)5-2)65-58(64-56)62-44-15-21-49(22-16-44)76-41-79-52-31-33-53(34-32-52)80-59(68)69-6-3/h4-6,11-34H,1-3,7-10,35-41H2,(H3,60,61,62,63,64,65). The SMILES string of the molecule is C=COC(=O)Oc1ccc(OCOc2ccc(Nc3nc(Nc4ccc(OCOc5ccc(OCCCCOC(=O)C=C)cc5)cc4)nc(Nc4ccc(OCOc5ccc(OCCCCOC(=O)C=C)cc5)cc4)n3)cc2)cc1. The average Bonchev–Trinajstić information content (AvgIpc) is 3.48. The van der Waals surface area contributed by atoms with E-state index in [-0.39, 0.29) is 44.0 Å². The molecule has 0 aliphatic heterocycles. The van der Waals surface area contributed by atoms with E-state index in [1.807, 2.05) is 24.3 Å². The minimum atomic E-state index is -0.902. The van der Waals surface area contributed by atoms with Crippen LogP contribution in [0.15, 0.2) is 184 Å². The average molecular weight is 1090 g/mol. The summed E-state index contributed by atoms with van der Waals surface area (Å²) in [4.78, 5) is 47.8. The van der Waals surface area contributed by atoms with Crippen LogP contribution < -0.4 is 58.6 Å².